The minimum atomic E-state index is -0.243. The molecule has 0 bridgehead atoms. The van der Waals surface area contributed by atoms with Crippen LogP contribution in [-0.2, 0) is 4.79 Å². The Kier molecular flexibility index (Phi) is 6.39. The number of fused-ring (bicyclic) bond motifs is 1. The van der Waals surface area contributed by atoms with Gasteiger partial charge in [0.05, 0.1) is 24.4 Å². The molecule has 1 saturated heterocycles. The molecule has 9 nitrogen and oxygen atoms in total. The highest BCUT2D eigenvalue weighted by atomic mass is 16.5. The molecule has 0 radical (unpaired) electrons. The van der Waals surface area contributed by atoms with Gasteiger partial charge in [0.25, 0.3) is 5.91 Å². The van der Waals surface area contributed by atoms with Crippen LogP contribution in [0.15, 0.2) is 54.7 Å². The molecular formula is C27H28N6O3. The molecule has 1 aliphatic rings. The molecule has 0 saturated carbocycles. The average Bonchev–Trinajstić information content (AvgIpc) is 3.58. The van der Waals surface area contributed by atoms with Gasteiger partial charge in [0.1, 0.15) is 11.4 Å². The summed E-state index contributed by atoms with van der Waals surface area (Å²) in [5.74, 6) is 0.390. The van der Waals surface area contributed by atoms with E-state index in [1.54, 1.807) is 39.5 Å². The van der Waals surface area contributed by atoms with Gasteiger partial charge in [0, 0.05) is 36.8 Å². The number of para-hydroxylation sites is 1. The molecule has 1 atom stereocenters. The van der Waals surface area contributed by atoms with E-state index in [1.165, 1.54) is 4.90 Å². The van der Waals surface area contributed by atoms with Crippen LogP contribution in [0.5, 0.6) is 5.75 Å². The Morgan fingerprint density at radius 2 is 1.94 bits per heavy atom. The highest BCUT2D eigenvalue weighted by Crippen LogP contribution is 2.35. The number of aromatic nitrogens is 3. The monoisotopic (exact) mass is 484 g/mol. The lowest BCUT2D eigenvalue weighted by atomic mass is 10.00. The third-order valence-electron chi connectivity index (χ3n) is 6.40. The number of amides is 2. The molecule has 1 fully saturated rings. The quantitative estimate of drug-likeness (QED) is 0.385. The van der Waals surface area contributed by atoms with Crippen molar-refractivity contribution in [2.75, 3.05) is 33.1 Å². The molecule has 0 unspecified atom stereocenters. The fraction of sp³-hybridized carbons (Fsp3) is 0.259. The van der Waals surface area contributed by atoms with Crippen LogP contribution in [0.2, 0.25) is 0 Å². The number of rotatable bonds is 6. The number of nitrogens with one attached hydrogen (secondary N) is 3. The van der Waals surface area contributed by atoms with Crippen molar-refractivity contribution in [3.63, 3.8) is 0 Å². The van der Waals surface area contributed by atoms with E-state index in [1.807, 2.05) is 36.4 Å². The first kappa shape index (κ1) is 23.5. The molecule has 1 aliphatic heterocycles. The highest BCUT2D eigenvalue weighted by Gasteiger charge is 2.24. The van der Waals surface area contributed by atoms with Crippen molar-refractivity contribution in [2.24, 2.45) is 0 Å². The first-order valence-electron chi connectivity index (χ1n) is 11.8. The first-order chi connectivity index (χ1) is 17.5. The van der Waals surface area contributed by atoms with E-state index < -0.39 is 0 Å². The van der Waals surface area contributed by atoms with Crippen LogP contribution in [0.4, 0.5) is 5.69 Å². The van der Waals surface area contributed by atoms with Crippen molar-refractivity contribution in [3.05, 3.63) is 60.3 Å². The maximum absolute atomic E-state index is 13.0. The summed E-state index contributed by atoms with van der Waals surface area (Å²) in [6.07, 6.45) is 3.49. The van der Waals surface area contributed by atoms with Crippen molar-refractivity contribution < 1.29 is 14.3 Å². The minimum Gasteiger partial charge on any atom is -0.496 e. The number of pyridine rings is 1. The summed E-state index contributed by atoms with van der Waals surface area (Å²) in [7, 11) is 5.01. The fourth-order valence-electron chi connectivity index (χ4n) is 4.49. The summed E-state index contributed by atoms with van der Waals surface area (Å²) < 4.78 is 5.52. The van der Waals surface area contributed by atoms with Crippen molar-refractivity contribution in [2.45, 2.75) is 18.9 Å². The molecule has 0 aliphatic carbocycles. The van der Waals surface area contributed by atoms with E-state index in [2.05, 4.69) is 25.8 Å². The third kappa shape index (κ3) is 4.40. The number of carbonyl (C=O) groups is 2. The number of hydrogen-bond acceptors (Lipinski definition) is 6. The lowest BCUT2D eigenvalue weighted by molar-refractivity contribution is -0.117. The van der Waals surface area contributed by atoms with Gasteiger partial charge in [-0.1, -0.05) is 18.2 Å². The predicted molar refractivity (Wildman–Crippen MR) is 139 cm³/mol. The number of aromatic amines is 1. The Balaban J connectivity index is 1.55. The number of anilines is 1. The van der Waals surface area contributed by atoms with Crippen LogP contribution in [0.25, 0.3) is 33.4 Å². The smallest absolute Gasteiger partial charge is 0.255 e. The molecule has 184 valence electrons. The van der Waals surface area contributed by atoms with Gasteiger partial charge in [-0.2, -0.15) is 5.10 Å². The van der Waals surface area contributed by atoms with Crippen LogP contribution >= 0.6 is 0 Å². The van der Waals surface area contributed by atoms with Crippen molar-refractivity contribution in [1.29, 1.82) is 0 Å². The van der Waals surface area contributed by atoms with Crippen LogP contribution in [-0.4, -0.2) is 65.7 Å². The lowest BCUT2D eigenvalue weighted by Crippen LogP contribution is -2.36. The molecule has 3 heterocycles. The highest BCUT2D eigenvalue weighted by molar-refractivity contribution is 6.06. The molecule has 5 rings (SSSR count). The summed E-state index contributed by atoms with van der Waals surface area (Å²) in [6, 6.07) is 14.9. The van der Waals surface area contributed by atoms with Crippen molar-refractivity contribution in [1.82, 2.24) is 25.4 Å². The molecule has 2 aromatic carbocycles. The second kappa shape index (κ2) is 9.79. The zero-order valence-corrected chi connectivity index (χ0v) is 20.5. The molecule has 4 aromatic rings. The number of ether oxygens (including phenoxy) is 1. The Bertz CT molecular complexity index is 1440. The molecular weight excluding hydrogens is 456 g/mol. The summed E-state index contributed by atoms with van der Waals surface area (Å²) >= 11 is 0. The Morgan fingerprint density at radius 3 is 2.69 bits per heavy atom. The largest absolute Gasteiger partial charge is 0.496 e. The number of H-pyrrole nitrogens is 1. The Labute approximate surface area is 208 Å². The third-order valence-corrected chi connectivity index (χ3v) is 6.40. The molecule has 2 amide bonds. The van der Waals surface area contributed by atoms with Gasteiger partial charge in [-0.05, 0) is 55.3 Å². The van der Waals surface area contributed by atoms with E-state index in [-0.39, 0.29) is 17.9 Å². The van der Waals surface area contributed by atoms with Crippen LogP contribution in [0, 0.1) is 0 Å². The number of methoxy groups -OCH3 is 1. The van der Waals surface area contributed by atoms with E-state index in [9.17, 15) is 9.59 Å². The normalized spacial score (nSPS) is 15.1. The predicted octanol–water partition coefficient (Wildman–Crippen LogP) is 3.69. The first-order valence-corrected chi connectivity index (χ1v) is 11.8. The second-order valence-electron chi connectivity index (χ2n) is 8.99. The molecule has 0 spiro atoms. The van der Waals surface area contributed by atoms with Gasteiger partial charge in [-0.3, -0.25) is 14.7 Å². The summed E-state index contributed by atoms with van der Waals surface area (Å²) in [6.45, 7) is 0.820. The number of benzene rings is 2. The van der Waals surface area contributed by atoms with E-state index in [4.69, 9.17) is 4.74 Å². The molecule has 9 heteroatoms. The van der Waals surface area contributed by atoms with E-state index in [0.717, 1.165) is 47.2 Å². The van der Waals surface area contributed by atoms with Gasteiger partial charge in [0.15, 0.2) is 5.65 Å². The maximum Gasteiger partial charge on any atom is 0.255 e. The van der Waals surface area contributed by atoms with E-state index in [0.29, 0.717) is 22.6 Å². The standard InChI is InChI=1S/C27H28N6O3/c1-33(2)27(35)19-13-16(10-11-21(19)30-26(34)22-8-6-12-28-22)17-14-20-24(31-32-25(20)29-15-17)18-7-4-5-9-23(18)36-3/h4-5,7,9-11,13-15,22,28H,6,8,12H2,1-3H3,(H,30,34)(H,29,31,32)/t22-/m0/s1. The van der Waals surface area contributed by atoms with Gasteiger partial charge >= 0.3 is 0 Å². The second-order valence-corrected chi connectivity index (χ2v) is 8.99. The fourth-order valence-corrected chi connectivity index (χ4v) is 4.49. The Hall–Kier alpha value is -4.24. The van der Waals surface area contributed by atoms with Crippen LogP contribution in [0.1, 0.15) is 23.2 Å². The number of nitrogens with zero attached hydrogens (tertiary/aromatic N) is 3. The zero-order valence-electron chi connectivity index (χ0n) is 20.5. The zero-order chi connectivity index (χ0) is 25.2. The SMILES string of the molecule is COc1ccccc1-c1n[nH]c2ncc(-c3ccc(NC(=O)[C@@H]4CCCN4)c(C(=O)N(C)C)c3)cc12. The summed E-state index contributed by atoms with van der Waals surface area (Å²) in [5, 5.41) is 14.4. The maximum atomic E-state index is 13.0. The number of carbonyl (C=O) groups excluding carboxylic acids is 2. The van der Waals surface area contributed by atoms with Gasteiger partial charge < -0.3 is 20.3 Å². The van der Waals surface area contributed by atoms with E-state index >= 15 is 0 Å². The molecule has 36 heavy (non-hydrogen) atoms. The van der Waals surface area contributed by atoms with Crippen LogP contribution in [0.3, 0.4) is 0 Å². The molecule has 2 aromatic heterocycles. The minimum absolute atomic E-state index is 0.129. The van der Waals surface area contributed by atoms with Crippen LogP contribution < -0.4 is 15.4 Å². The molecule has 3 N–H and O–H groups in total. The van der Waals surface area contributed by atoms with Crippen molar-refractivity contribution >= 4 is 28.5 Å². The Morgan fingerprint density at radius 1 is 1.11 bits per heavy atom. The average molecular weight is 485 g/mol. The summed E-state index contributed by atoms with van der Waals surface area (Å²) in [4.78, 5) is 31.8. The number of hydrogen-bond donors (Lipinski definition) is 3. The summed E-state index contributed by atoms with van der Waals surface area (Å²) in [5.41, 5.74) is 4.77. The van der Waals surface area contributed by atoms with Gasteiger partial charge in [-0.25, -0.2) is 4.98 Å². The topological polar surface area (TPSA) is 112 Å². The van der Waals surface area contributed by atoms with Gasteiger partial charge in [0.2, 0.25) is 5.91 Å². The van der Waals surface area contributed by atoms with Gasteiger partial charge in [-0.15, -0.1) is 0 Å². The lowest BCUT2D eigenvalue weighted by Gasteiger charge is -2.18. The van der Waals surface area contributed by atoms with Crippen molar-refractivity contribution in [3.8, 4) is 28.1 Å².